The van der Waals surface area contributed by atoms with E-state index in [4.69, 9.17) is 0 Å². The van der Waals surface area contributed by atoms with Gasteiger partial charge in [0.25, 0.3) is 0 Å². The first-order chi connectivity index (χ1) is 11.1. The SMILES string of the molecule is Cc1ccc(N2CCC(NC(C)c3cc(C)ccn3)CC2)cc1. The minimum atomic E-state index is 0.311. The smallest absolute Gasteiger partial charge is 0.0573 e. The van der Waals surface area contributed by atoms with Crippen LogP contribution >= 0.6 is 0 Å². The normalized spacial score (nSPS) is 17.3. The molecule has 0 aliphatic carbocycles. The number of pyridine rings is 1. The number of anilines is 1. The molecule has 3 heteroatoms. The van der Waals surface area contributed by atoms with Gasteiger partial charge in [-0.05, 0) is 63.4 Å². The second-order valence-corrected chi connectivity index (χ2v) is 6.74. The van der Waals surface area contributed by atoms with Crippen LogP contribution in [0.3, 0.4) is 0 Å². The van der Waals surface area contributed by atoms with Gasteiger partial charge in [-0.2, -0.15) is 0 Å². The van der Waals surface area contributed by atoms with E-state index in [-0.39, 0.29) is 0 Å². The van der Waals surface area contributed by atoms with E-state index in [1.807, 2.05) is 6.20 Å². The number of nitrogens with one attached hydrogen (secondary N) is 1. The van der Waals surface area contributed by atoms with E-state index in [9.17, 15) is 0 Å². The minimum absolute atomic E-state index is 0.311. The van der Waals surface area contributed by atoms with E-state index in [2.05, 4.69) is 72.4 Å². The highest BCUT2D eigenvalue weighted by atomic mass is 15.1. The lowest BCUT2D eigenvalue weighted by atomic mass is 10.0. The molecule has 1 aliphatic rings. The molecule has 3 rings (SSSR count). The maximum atomic E-state index is 4.50. The lowest BCUT2D eigenvalue weighted by molar-refractivity contribution is 0.377. The van der Waals surface area contributed by atoms with Crippen LogP contribution in [0.15, 0.2) is 42.6 Å². The highest BCUT2D eigenvalue weighted by molar-refractivity contribution is 5.47. The topological polar surface area (TPSA) is 28.2 Å². The molecular formula is C20H27N3. The molecule has 1 aromatic carbocycles. The molecule has 1 unspecified atom stereocenters. The quantitative estimate of drug-likeness (QED) is 0.924. The van der Waals surface area contributed by atoms with Gasteiger partial charge in [-0.1, -0.05) is 17.7 Å². The van der Waals surface area contributed by atoms with Crippen LogP contribution in [0.1, 0.15) is 42.6 Å². The summed E-state index contributed by atoms with van der Waals surface area (Å²) in [6.45, 7) is 8.72. The Morgan fingerprint density at radius 1 is 1.04 bits per heavy atom. The van der Waals surface area contributed by atoms with E-state index in [0.717, 1.165) is 18.8 Å². The average molecular weight is 309 g/mol. The Morgan fingerprint density at radius 3 is 2.39 bits per heavy atom. The third kappa shape index (κ3) is 4.11. The molecule has 2 heterocycles. The van der Waals surface area contributed by atoms with Gasteiger partial charge in [0.1, 0.15) is 0 Å². The van der Waals surface area contributed by atoms with E-state index in [0.29, 0.717) is 12.1 Å². The van der Waals surface area contributed by atoms with Crippen LogP contribution in [-0.2, 0) is 0 Å². The van der Waals surface area contributed by atoms with Crippen molar-refractivity contribution in [1.82, 2.24) is 10.3 Å². The molecule has 122 valence electrons. The van der Waals surface area contributed by atoms with Gasteiger partial charge < -0.3 is 10.2 Å². The van der Waals surface area contributed by atoms with Crippen molar-refractivity contribution in [2.75, 3.05) is 18.0 Å². The maximum Gasteiger partial charge on any atom is 0.0573 e. The Labute approximate surface area is 139 Å². The second kappa shape index (κ2) is 7.14. The summed E-state index contributed by atoms with van der Waals surface area (Å²) in [6.07, 6.45) is 4.27. The number of hydrogen-bond acceptors (Lipinski definition) is 3. The number of aryl methyl sites for hydroxylation is 2. The highest BCUT2D eigenvalue weighted by Crippen LogP contribution is 2.22. The summed E-state index contributed by atoms with van der Waals surface area (Å²) in [4.78, 5) is 7.00. The van der Waals surface area contributed by atoms with Gasteiger partial charge in [0.05, 0.1) is 5.69 Å². The number of rotatable bonds is 4. The van der Waals surface area contributed by atoms with Gasteiger partial charge in [-0.15, -0.1) is 0 Å². The summed E-state index contributed by atoms with van der Waals surface area (Å²) in [7, 11) is 0. The monoisotopic (exact) mass is 309 g/mol. The standard InChI is InChI=1S/C20H27N3/c1-15-4-6-19(7-5-15)23-12-9-18(10-13-23)22-17(3)20-14-16(2)8-11-21-20/h4-8,11,14,17-18,22H,9-10,12-13H2,1-3H3. The third-order valence-corrected chi connectivity index (χ3v) is 4.76. The van der Waals surface area contributed by atoms with Crippen LogP contribution in [0.5, 0.6) is 0 Å². The minimum Gasteiger partial charge on any atom is -0.371 e. The predicted octanol–water partition coefficient (Wildman–Crippen LogP) is 4.02. The van der Waals surface area contributed by atoms with Gasteiger partial charge in [0, 0.05) is 37.1 Å². The average Bonchev–Trinajstić information content (AvgIpc) is 2.56. The third-order valence-electron chi connectivity index (χ3n) is 4.76. The molecule has 3 nitrogen and oxygen atoms in total. The predicted molar refractivity (Wildman–Crippen MR) is 96.9 cm³/mol. The van der Waals surface area contributed by atoms with Gasteiger partial charge in [-0.25, -0.2) is 0 Å². The van der Waals surface area contributed by atoms with Crippen LogP contribution in [0.4, 0.5) is 5.69 Å². The number of benzene rings is 1. The van der Waals surface area contributed by atoms with Gasteiger partial charge in [0.2, 0.25) is 0 Å². The fourth-order valence-corrected chi connectivity index (χ4v) is 3.30. The van der Waals surface area contributed by atoms with E-state index in [1.54, 1.807) is 0 Å². The molecule has 1 aliphatic heterocycles. The Kier molecular flexibility index (Phi) is 4.97. The first kappa shape index (κ1) is 16.0. The van der Waals surface area contributed by atoms with Crippen LogP contribution in [-0.4, -0.2) is 24.1 Å². The van der Waals surface area contributed by atoms with Crippen LogP contribution in [0, 0.1) is 13.8 Å². The first-order valence-electron chi connectivity index (χ1n) is 8.62. The zero-order valence-corrected chi connectivity index (χ0v) is 14.4. The zero-order chi connectivity index (χ0) is 16.2. The number of aromatic nitrogens is 1. The van der Waals surface area contributed by atoms with Crippen LogP contribution in [0.2, 0.25) is 0 Å². The molecule has 23 heavy (non-hydrogen) atoms. The Bertz CT molecular complexity index is 628. The second-order valence-electron chi connectivity index (χ2n) is 6.74. The van der Waals surface area contributed by atoms with Crippen molar-refractivity contribution >= 4 is 5.69 Å². The number of nitrogens with zero attached hydrogens (tertiary/aromatic N) is 2. The van der Waals surface area contributed by atoms with Crippen molar-refractivity contribution in [2.45, 2.75) is 45.7 Å². The molecule has 0 radical (unpaired) electrons. The Balaban J connectivity index is 1.54. The largest absolute Gasteiger partial charge is 0.371 e. The van der Waals surface area contributed by atoms with Crippen LogP contribution in [0.25, 0.3) is 0 Å². The molecule has 1 atom stereocenters. The molecular weight excluding hydrogens is 282 g/mol. The Morgan fingerprint density at radius 2 is 1.74 bits per heavy atom. The summed E-state index contributed by atoms with van der Waals surface area (Å²) < 4.78 is 0. The summed E-state index contributed by atoms with van der Waals surface area (Å²) in [5.74, 6) is 0. The first-order valence-corrected chi connectivity index (χ1v) is 8.62. The lowest BCUT2D eigenvalue weighted by Crippen LogP contribution is -2.43. The molecule has 1 aromatic heterocycles. The summed E-state index contributed by atoms with van der Waals surface area (Å²) in [6, 6.07) is 14.0. The molecule has 1 fully saturated rings. The fourth-order valence-electron chi connectivity index (χ4n) is 3.30. The molecule has 0 amide bonds. The fraction of sp³-hybridized carbons (Fsp3) is 0.450. The van der Waals surface area contributed by atoms with Crippen LogP contribution < -0.4 is 10.2 Å². The maximum absolute atomic E-state index is 4.50. The summed E-state index contributed by atoms with van der Waals surface area (Å²) >= 11 is 0. The van der Waals surface area contributed by atoms with Gasteiger partial charge >= 0.3 is 0 Å². The van der Waals surface area contributed by atoms with E-state index in [1.165, 1.54) is 29.7 Å². The van der Waals surface area contributed by atoms with E-state index >= 15 is 0 Å². The Hall–Kier alpha value is -1.87. The highest BCUT2D eigenvalue weighted by Gasteiger charge is 2.21. The van der Waals surface area contributed by atoms with Crippen molar-refractivity contribution in [3.8, 4) is 0 Å². The zero-order valence-electron chi connectivity index (χ0n) is 14.4. The summed E-state index contributed by atoms with van der Waals surface area (Å²) in [5.41, 5.74) is 5.09. The molecule has 1 N–H and O–H groups in total. The molecule has 1 saturated heterocycles. The van der Waals surface area contributed by atoms with Gasteiger partial charge in [-0.3, -0.25) is 4.98 Å². The van der Waals surface area contributed by atoms with Crippen molar-refractivity contribution in [1.29, 1.82) is 0 Å². The molecule has 0 saturated carbocycles. The van der Waals surface area contributed by atoms with Crippen molar-refractivity contribution < 1.29 is 0 Å². The molecule has 0 bridgehead atoms. The molecule has 0 spiro atoms. The van der Waals surface area contributed by atoms with Crippen molar-refractivity contribution in [3.63, 3.8) is 0 Å². The van der Waals surface area contributed by atoms with Crippen molar-refractivity contribution in [2.24, 2.45) is 0 Å². The van der Waals surface area contributed by atoms with Gasteiger partial charge in [0.15, 0.2) is 0 Å². The number of hydrogen-bond donors (Lipinski definition) is 1. The number of piperidine rings is 1. The van der Waals surface area contributed by atoms with E-state index < -0.39 is 0 Å². The lowest BCUT2D eigenvalue weighted by Gasteiger charge is -2.35. The summed E-state index contributed by atoms with van der Waals surface area (Å²) in [5, 5.41) is 3.75. The molecule has 2 aromatic rings. The van der Waals surface area contributed by atoms with Crippen molar-refractivity contribution in [3.05, 3.63) is 59.4 Å².